The molecule has 0 aliphatic heterocycles. The van der Waals surface area contributed by atoms with Crippen molar-refractivity contribution in [3.05, 3.63) is 54.4 Å². The number of carbonyl (C=O) groups is 2. The maximum atomic E-state index is 13.7. The van der Waals surface area contributed by atoms with Gasteiger partial charge in [0, 0.05) is 30.7 Å². The van der Waals surface area contributed by atoms with Crippen LogP contribution in [0.2, 0.25) is 0 Å². The van der Waals surface area contributed by atoms with Crippen molar-refractivity contribution < 1.29 is 14.3 Å². The largest absolute Gasteiger partial charge is 0.458 e. The summed E-state index contributed by atoms with van der Waals surface area (Å²) in [6.45, 7) is 0. The molecule has 6 heteroatoms. The molecule has 0 amide bonds. The van der Waals surface area contributed by atoms with Gasteiger partial charge in [-0.25, -0.2) is 9.97 Å². The number of aromatic nitrogens is 3. The fourth-order valence-corrected chi connectivity index (χ4v) is 6.41. The Kier molecular flexibility index (Phi) is 4.88. The van der Waals surface area contributed by atoms with Crippen LogP contribution in [0.5, 0.6) is 0 Å². The first-order valence-corrected chi connectivity index (χ1v) is 10.9. The molecule has 6 nitrogen and oxygen atoms in total. The second-order valence-corrected chi connectivity index (χ2v) is 9.68. The fraction of sp³-hybridized carbons (Fsp3) is 0.542. The molecule has 4 aliphatic carbocycles. The van der Waals surface area contributed by atoms with Gasteiger partial charge in [0.1, 0.15) is 23.6 Å². The van der Waals surface area contributed by atoms with Gasteiger partial charge in [0.05, 0.1) is 0 Å². The molecule has 4 saturated carbocycles. The topological polar surface area (TPSA) is 82.0 Å². The average molecular weight is 405 g/mol. The molecule has 4 aliphatic rings. The standard InChI is InChI=1S/C24H27N3O3/c28-15-23(9-17-2-1-4-25-14-17,13-21-3-5-26-16-27-21)22(29)30-24-10-18-6-19(11-24)8-20(7-18)12-24/h1-5,14-16,18-20H,6-13H2. The number of carbonyl (C=O) groups excluding carboxylic acids is 2. The van der Waals surface area contributed by atoms with E-state index in [1.54, 1.807) is 24.7 Å². The van der Waals surface area contributed by atoms with E-state index in [1.165, 1.54) is 25.6 Å². The average Bonchev–Trinajstić information content (AvgIpc) is 2.73. The van der Waals surface area contributed by atoms with Crippen molar-refractivity contribution in [3.8, 4) is 0 Å². The molecule has 2 aromatic rings. The molecule has 30 heavy (non-hydrogen) atoms. The molecule has 1 atom stereocenters. The lowest BCUT2D eigenvalue weighted by Crippen LogP contribution is -2.55. The molecule has 2 heterocycles. The first-order chi connectivity index (χ1) is 14.6. The van der Waals surface area contributed by atoms with Crippen LogP contribution in [0, 0.1) is 23.2 Å². The normalized spacial score (nSPS) is 31.1. The Morgan fingerprint density at radius 3 is 2.37 bits per heavy atom. The number of hydrogen-bond donors (Lipinski definition) is 0. The molecule has 0 spiro atoms. The summed E-state index contributed by atoms with van der Waals surface area (Å²) in [7, 11) is 0. The second kappa shape index (κ2) is 7.56. The van der Waals surface area contributed by atoms with E-state index in [0.29, 0.717) is 23.4 Å². The molecular formula is C24H27N3O3. The summed E-state index contributed by atoms with van der Waals surface area (Å²) in [5, 5.41) is 0. The Balaban J connectivity index is 1.44. The number of rotatable bonds is 7. The minimum atomic E-state index is -1.32. The molecule has 0 saturated heterocycles. The summed E-state index contributed by atoms with van der Waals surface area (Å²) < 4.78 is 6.32. The lowest BCUT2D eigenvalue weighted by atomic mass is 9.54. The highest BCUT2D eigenvalue weighted by Crippen LogP contribution is 2.57. The van der Waals surface area contributed by atoms with Crippen molar-refractivity contribution in [2.75, 3.05) is 0 Å². The molecule has 0 radical (unpaired) electrons. The van der Waals surface area contributed by atoms with Gasteiger partial charge in [-0.2, -0.15) is 0 Å². The number of pyridine rings is 1. The highest BCUT2D eigenvalue weighted by Gasteiger charge is 2.55. The predicted octanol–water partition coefficient (Wildman–Crippen LogP) is 3.35. The van der Waals surface area contributed by atoms with Crippen LogP contribution in [-0.4, -0.2) is 32.8 Å². The van der Waals surface area contributed by atoms with Gasteiger partial charge >= 0.3 is 5.97 Å². The summed E-state index contributed by atoms with van der Waals surface area (Å²) in [6.07, 6.45) is 14.3. The lowest BCUT2D eigenvalue weighted by molar-refractivity contribution is -0.196. The smallest absolute Gasteiger partial charge is 0.320 e. The fourth-order valence-electron chi connectivity index (χ4n) is 6.41. The van der Waals surface area contributed by atoms with E-state index >= 15 is 0 Å². The van der Waals surface area contributed by atoms with E-state index in [2.05, 4.69) is 15.0 Å². The van der Waals surface area contributed by atoms with Crippen molar-refractivity contribution in [1.82, 2.24) is 15.0 Å². The van der Waals surface area contributed by atoms with Crippen molar-refractivity contribution in [3.63, 3.8) is 0 Å². The van der Waals surface area contributed by atoms with Gasteiger partial charge < -0.3 is 9.53 Å². The van der Waals surface area contributed by atoms with Gasteiger partial charge in [-0.1, -0.05) is 6.07 Å². The summed E-state index contributed by atoms with van der Waals surface area (Å²) in [4.78, 5) is 38.5. The third kappa shape index (κ3) is 3.64. The zero-order valence-electron chi connectivity index (χ0n) is 17.1. The van der Waals surface area contributed by atoms with Crippen LogP contribution >= 0.6 is 0 Å². The highest BCUT2D eigenvalue weighted by molar-refractivity contribution is 5.94. The van der Waals surface area contributed by atoms with Crippen LogP contribution in [-0.2, 0) is 27.2 Å². The van der Waals surface area contributed by atoms with Crippen LogP contribution in [0.3, 0.4) is 0 Å². The Bertz CT molecular complexity index is 839. The first kappa shape index (κ1) is 19.3. The van der Waals surface area contributed by atoms with Crippen LogP contribution in [0.1, 0.15) is 49.8 Å². The zero-order chi connectivity index (χ0) is 20.6. The van der Waals surface area contributed by atoms with Crippen molar-refractivity contribution in [2.24, 2.45) is 23.2 Å². The molecule has 0 N–H and O–H groups in total. The Hall–Kier alpha value is -2.63. The third-order valence-electron chi connectivity index (χ3n) is 7.31. The second-order valence-electron chi connectivity index (χ2n) is 9.68. The van der Waals surface area contributed by atoms with E-state index in [0.717, 1.165) is 31.1 Å². The molecule has 156 valence electrons. The minimum absolute atomic E-state index is 0.194. The van der Waals surface area contributed by atoms with E-state index in [-0.39, 0.29) is 18.4 Å². The van der Waals surface area contributed by atoms with Gasteiger partial charge in [0.2, 0.25) is 0 Å². The Morgan fingerprint density at radius 2 is 1.80 bits per heavy atom. The molecule has 4 bridgehead atoms. The van der Waals surface area contributed by atoms with Crippen molar-refractivity contribution >= 4 is 12.3 Å². The SMILES string of the molecule is O=CC(Cc1cccnc1)(Cc1ccncn1)C(=O)OC12CC3CC(CC(C3)C1)C2. The summed E-state index contributed by atoms with van der Waals surface area (Å²) in [5.41, 5.74) is -0.217. The molecule has 6 rings (SSSR count). The molecule has 2 aromatic heterocycles. The van der Waals surface area contributed by atoms with Gasteiger partial charge in [-0.3, -0.25) is 9.78 Å². The van der Waals surface area contributed by atoms with E-state index in [1.807, 2.05) is 12.1 Å². The van der Waals surface area contributed by atoms with Crippen LogP contribution in [0.15, 0.2) is 43.1 Å². The van der Waals surface area contributed by atoms with E-state index in [9.17, 15) is 9.59 Å². The van der Waals surface area contributed by atoms with Crippen LogP contribution < -0.4 is 0 Å². The number of esters is 1. The number of aldehydes is 1. The summed E-state index contributed by atoms with van der Waals surface area (Å²) in [5.74, 6) is 1.57. The lowest BCUT2D eigenvalue weighted by Gasteiger charge is -2.56. The number of hydrogen-bond acceptors (Lipinski definition) is 6. The number of ether oxygens (including phenoxy) is 1. The quantitative estimate of drug-likeness (QED) is 0.399. The van der Waals surface area contributed by atoms with Crippen molar-refractivity contribution in [1.29, 1.82) is 0 Å². The van der Waals surface area contributed by atoms with Gasteiger partial charge in [-0.15, -0.1) is 0 Å². The zero-order valence-corrected chi connectivity index (χ0v) is 17.1. The van der Waals surface area contributed by atoms with Gasteiger partial charge in [-0.05, 0) is 80.4 Å². The number of nitrogens with zero attached hydrogens (tertiary/aromatic N) is 3. The monoisotopic (exact) mass is 405 g/mol. The minimum Gasteiger partial charge on any atom is -0.458 e. The van der Waals surface area contributed by atoms with E-state index in [4.69, 9.17) is 4.74 Å². The summed E-state index contributed by atoms with van der Waals surface area (Å²) in [6, 6.07) is 5.46. The van der Waals surface area contributed by atoms with Crippen molar-refractivity contribution in [2.45, 2.75) is 57.0 Å². The molecule has 1 unspecified atom stereocenters. The maximum Gasteiger partial charge on any atom is 0.320 e. The van der Waals surface area contributed by atoms with Crippen LogP contribution in [0.4, 0.5) is 0 Å². The molecular weight excluding hydrogens is 378 g/mol. The molecule has 0 aromatic carbocycles. The highest BCUT2D eigenvalue weighted by atomic mass is 16.6. The van der Waals surface area contributed by atoms with Gasteiger partial charge in [0.25, 0.3) is 0 Å². The first-order valence-electron chi connectivity index (χ1n) is 10.9. The molecule has 4 fully saturated rings. The Morgan fingerprint density at radius 1 is 1.07 bits per heavy atom. The van der Waals surface area contributed by atoms with Crippen LogP contribution in [0.25, 0.3) is 0 Å². The summed E-state index contributed by atoms with van der Waals surface area (Å²) >= 11 is 0. The third-order valence-corrected chi connectivity index (χ3v) is 7.31. The van der Waals surface area contributed by atoms with E-state index < -0.39 is 11.4 Å². The predicted molar refractivity (Wildman–Crippen MR) is 109 cm³/mol. The maximum absolute atomic E-state index is 13.7. The van der Waals surface area contributed by atoms with Gasteiger partial charge in [0.15, 0.2) is 0 Å². The Labute approximate surface area is 176 Å².